The van der Waals surface area contributed by atoms with Gasteiger partial charge in [0.05, 0.1) is 13.2 Å². The quantitative estimate of drug-likeness (QED) is 0.574. The van der Waals surface area contributed by atoms with Crippen molar-refractivity contribution in [3.05, 3.63) is 0 Å². The molecule has 0 N–H and O–H groups in total. The summed E-state index contributed by atoms with van der Waals surface area (Å²) in [6, 6.07) is 0. The second-order valence-electron chi connectivity index (χ2n) is 3.76. The van der Waals surface area contributed by atoms with Gasteiger partial charge in [0, 0.05) is 5.92 Å². The molecule has 0 aromatic heterocycles. The number of hydrogen-bond donors (Lipinski definition) is 0. The summed E-state index contributed by atoms with van der Waals surface area (Å²) in [6.45, 7) is 6.33. The molecule has 2 fully saturated rings. The van der Waals surface area contributed by atoms with Crippen LogP contribution in [0.15, 0.2) is 0 Å². The maximum absolute atomic E-state index is 5.52. The predicted molar refractivity (Wildman–Crippen MR) is 42.1 cm³/mol. The summed E-state index contributed by atoms with van der Waals surface area (Å²) >= 11 is 0. The Morgan fingerprint density at radius 1 is 1.00 bits per heavy atom. The fourth-order valence-electron chi connectivity index (χ4n) is 1.92. The standard InChI is InChI=1S/C9H16O2/c1-6-7(2)8(6)9-10-4-3-5-11-9/h6-9H,3-5H2,1-2H3. The Morgan fingerprint density at radius 3 is 2.00 bits per heavy atom. The lowest BCUT2D eigenvalue weighted by molar-refractivity contribution is -0.192. The number of rotatable bonds is 1. The second-order valence-corrected chi connectivity index (χ2v) is 3.76. The van der Waals surface area contributed by atoms with Crippen LogP contribution in [0.5, 0.6) is 0 Å². The summed E-state index contributed by atoms with van der Waals surface area (Å²) < 4.78 is 11.0. The molecule has 1 saturated carbocycles. The van der Waals surface area contributed by atoms with Crippen LogP contribution < -0.4 is 0 Å². The SMILES string of the molecule is CC1C(C)C1C1OCCCO1. The van der Waals surface area contributed by atoms with Crippen molar-refractivity contribution in [1.29, 1.82) is 0 Å². The molecule has 0 aromatic rings. The first-order valence-electron chi connectivity index (χ1n) is 4.54. The van der Waals surface area contributed by atoms with Crippen LogP contribution in [0.3, 0.4) is 0 Å². The van der Waals surface area contributed by atoms with Crippen molar-refractivity contribution < 1.29 is 9.47 Å². The van der Waals surface area contributed by atoms with Gasteiger partial charge in [0.1, 0.15) is 0 Å². The fourth-order valence-corrected chi connectivity index (χ4v) is 1.92. The van der Waals surface area contributed by atoms with Crippen molar-refractivity contribution in [3.63, 3.8) is 0 Å². The first-order valence-corrected chi connectivity index (χ1v) is 4.54. The molecular formula is C9H16O2. The summed E-state index contributed by atoms with van der Waals surface area (Å²) in [5.41, 5.74) is 0. The molecule has 2 unspecified atom stereocenters. The number of ether oxygens (including phenoxy) is 2. The van der Waals surface area contributed by atoms with E-state index >= 15 is 0 Å². The Balaban J connectivity index is 1.85. The summed E-state index contributed by atoms with van der Waals surface area (Å²) in [4.78, 5) is 0. The van der Waals surface area contributed by atoms with Crippen LogP contribution in [-0.4, -0.2) is 19.5 Å². The van der Waals surface area contributed by atoms with Crippen LogP contribution in [0, 0.1) is 17.8 Å². The molecular weight excluding hydrogens is 140 g/mol. The lowest BCUT2D eigenvalue weighted by Crippen LogP contribution is -2.27. The lowest BCUT2D eigenvalue weighted by atomic mass is 10.3. The summed E-state index contributed by atoms with van der Waals surface area (Å²) in [5, 5.41) is 0. The third-order valence-electron chi connectivity index (χ3n) is 3.07. The van der Waals surface area contributed by atoms with Crippen molar-refractivity contribution in [2.45, 2.75) is 26.6 Å². The molecule has 2 rings (SSSR count). The average molecular weight is 156 g/mol. The van der Waals surface area contributed by atoms with Gasteiger partial charge in [-0.15, -0.1) is 0 Å². The number of hydrogen-bond acceptors (Lipinski definition) is 2. The van der Waals surface area contributed by atoms with E-state index in [2.05, 4.69) is 13.8 Å². The van der Waals surface area contributed by atoms with E-state index in [4.69, 9.17) is 9.47 Å². The topological polar surface area (TPSA) is 18.5 Å². The monoisotopic (exact) mass is 156 g/mol. The van der Waals surface area contributed by atoms with Crippen LogP contribution in [0.4, 0.5) is 0 Å². The zero-order valence-corrected chi connectivity index (χ0v) is 7.25. The molecule has 0 aromatic carbocycles. The molecule has 0 amide bonds. The molecule has 2 heteroatoms. The fraction of sp³-hybridized carbons (Fsp3) is 1.00. The van der Waals surface area contributed by atoms with E-state index in [-0.39, 0.29) is 6.29 Å². The highest BCUT2D eigenvalue weighted by Crippen LogP contribution is 2.49. The maximum atomic E-state index is 5.52. The first-order chi connectivity index (χ1) is 5.30. The Kier molecular flexibility index (Phi) is 1.90. The van der Waals surface area contributed by atoms with Crippen molar-refractivity contribution in [2.24, 2.45) is 17.8 Å². The molecule has 1 aliphatic carbocycles. The summed E-state index contributed by atoms with van der Waals surface area (Å²) in [6.07, 6.45) is 1.18. The van der Waals surface area contributed by atoms with Gasteiger partial charge in [-0.3, -0.25) is 0 Å². The molecule has 64 valence electrons. The normalized spacial score (nSPS) is 45.8. The highest BCUT2D eigenvalue weighted by molar-refractivity contribution is 4.93. The van der Waals surface area contributed by atoms with E-state index in [9.17, 15) is 0 Å². The molecule has 2 nitrogen and oxygen atoms in total. The molecule has 11 heavy (non-hydrogen) atoms. The van der Waals surface area contributed by atoms with E-state index in [1.54, 1.807) is 0 Å². The van der Waals surface area contributed by atoms with Crippen molar-refractivity contribution in [2.75, 3.05) is 13.2 Å². The Hall–Kier alpha value is -0.0800. The molecule has 1 heterocycles. The molecule has 2 aliphatic rings. The predicted octanol–water partition coefficient (Wildman–Crippen LogP) is 1.65. The van der Waals surface area contributed by atoms with Gasteiger partial charge in [0.25, 0.3) is 0 Å². The van der Waals surface area contributed by atoms with E-state index in [0.29, 0.717) is 5.92 Å². The summed E-state index contributed by atoms with van der Waals surface area (Å²) in [7, 11) is 0. The van der Waals surface area contributed by atoms with Crippen LogP contribution in [-0.2, 0) is 9.47 Å². The van der Waals surface area contributed by atoms with Gasteiger partial charge < -0.3 is 9.47 Å². The molecule has 0 bridgehead atoms. The van der Waals surface area contributed by atoms with E-state index in [1.807, 2.05) is 0 Å². The minimum atomic E-state index is 0.119. The third kappa shape index (κ3) is 1.30. The van der Waals surface area contributed by atoms with Crippen LogP contribution in [0.1, 0.15) is 20.3 Å². The lowest BCUT2D eigenvalue weighted by Gasteiger charge is -2.23. The molecule has 1 saturated heterocycles. The Bertz CT molecular complexity index is 132. The largest absolute Gasteiger partial charge is 0.352 e. The molecule has 1 aliphatic heterocycles. The van der Waals surface area contributed by atoms with Gasteiger partial charge in [-0.2, -0.15) is 0 Å². The average Bonchev–Trinajstić information content (AvgIpc) is 2.62. The van der Waals surface area contributed by atoms with Crippen LogP contribution in [0.2, 0.25) is 0 Å². The zero-order valence-electron chi connectivity index (χ0n) is 7.25. The van der Waals surface area contributed by atoms with Gasteiger partial charge in [-0.25, -0.2) is 0 Å². The van der Waals surface area contributed by atoms with Crippen molar-refractivity contribution in [3.8, 4) is 0 Å². The van der Waals surface area contributed by atoms with Crippen molar-refractivity contribution >= 4 is 0 Å². The molecule has 2 atom stereocenters. The smallest absolute Gasteiger partial charge is 0.160 e. The van der Waals surface area contributed by atoms with Gasteiger partial charge in [0.15, 0.2) is 6.29 Å². The summed E-state index contributed by atoms with van der Waals surface area (Å²) in [5.74, 6) is 2.28. The minimum Gasteiger partial charge on any atom is -0.352 e. The minimum absolute atomic E-state index is 0.119. The molecule has 0 spiro atoms. The zero-order chi connectivity index (χ0) is 7.84. The van der Waals surface area contributed by atoms with E-state index < -0.39 is 0 Å². The van der Waals surface area contributed by atoms with Crippen molar-refractivity contribution in [1.82, 2.24) is 0 Å². The van der Waals surface area contributed by atoms with Crippen LogP contribution >= 0.6 is 0 Å². The van der Waals surface area contributed by atoms with Gasteiger partial charge in [-0.1, -0.05) is 13.8 Å². The van der Waals surface area contributed by atoms with Gasteiger partial charge in [0.2, 0.25) is 0 Å². The Labute approximate surface area is 67.9 Å². The Morgan fingerprint density at radius 2 is 1.55 bits per heavy atom. The third-order valence-corrected chi connectivity index (χ3v) is 3.07. The van der Waals surface area contributed by atoms with Crippen LogP contribution in [0.25, 0.3) is 0 Å². The highest BCUT2D eigenvalue weighted by Gasteiger charge is 2.49. The maximum Gasteiger partial charge on any atom is 0.160 e. The highest BCUT2D eigenvalue weighted by atomic mass is 16.7. The van der Waals surface area contributed by atoms with Gasteiger partial charge >= 0.3 is 0 Å². The van der Waals surface area contributed by atoms with Gasteiger partial charge in [-0.05, 0) is 18.3 Å². The van der Waals surface area contributed by atoms with E-state index in [1.165, 1.54) is 0 Å². The second kappa shape index (κ2) is 2.76. The van der Waals surface area contributed by atoms with E-state index in [0.717, 1.165) is 31.5 Å². The first kappa shape index (κ1) is 7.56. The molecule has 0 radical (unpaired) electrons.